The van der Waals surface area contributed by atoms with Crippen LogP contribution in [-0.2, 0) is 17.6 Å². The fourth-order valence-electron chi connectivity index (χ4n) is 4.98. The van der Waals surface area contributed by atoms with E-state index in [1.165, 1.54) is 5.56 Å². The molecule has 3 aliphatic rings. The topological polar surface area (TPSA) is 75.6 Å². The van der Waals surface area contributed by atoms with Crippen LogP contribution in [0.25, 0.3) is 0 Å². The monoisotopic (exact) mass is 357 g/mol. The van der Waals surface area contributed by atoms with Gasteiger partial charge in [0.15, 0.2) is 0 Å². The summed E-state index contributed by atoms with van der Waals surface area (Å²) in [5.74, 6) is -0.104. The second-order valence-corrected chi connectivity index (χ2v) is 8.27. The minimum atomic E-state index is -0.659. The van der Waals surface area contributed by atoms with Crippen LogP contribution in [0.15, 0.2) is 12.1 Å². The first-order valence-electron chi connectivity index (χ1n) is 9.82. The van der Waals surface area contributed by atoms with Crippen molar-refractivity contribution in [1.82, 2.24) is 5.32 Å². The normalized spacial score (nSPS) is 29.6. The van der Waals surface area contributed by atoms with Gasteiger partial charge >= 0.3 is 5.97 Å². The average Bonchev–Trinajstić information content (AvgIpc) is 3.08. The van der Waals surface area contributed by atoms with Crippen LogP contribution < -0.4 is 10.1 Å². The molecule has 0 unspecified atom stereocenters. The van der Waals surface area contributed by atoms with Crippen molar-refractivity contribution in [2.24, 2.45) is 11.3 Å². The van der Waals surface area contributed by atoms with Gasteiger partial charge in [-0.05, 0) is 67.6 Å². The highest BCUT2D eigenvalue weighted by Crippen LogP contribution is 2.53. The quantitative estimate of drug-likeness (QED) is 0.867. The lowest BCUT2D eigenvalue weighted by Gasteiger charge is -2.51. The summed E-state index contributed by atoms with van der Waals surface area (Å²) in [6.45, 7) is 2.75. The van der Waals surface area contributed by atoms with E-state index in [-0.39, 0.29) is 23.3 Å². The molecule has 5 nitrogen and oxygen atoms in total. The number of carbonyl (C=O) groups is 2. The van der Waals surface area contributed by atoms with E-state index < -0.39 is 5.97 Å². The van der Waals surface area contributed by atoms with Crippen molar-refractivity contribution in [1.29, 1.82) is 0 Å². The standard InChI is InChI=1S/C21H27NO4/c1-2-13-9-15-5-8-26-18(15)17(10-13)19(23)22-16-11-21(12-16)6-3-14(4-7-21)20(24)25/h9-10,14,16H,2-8,11-12H2,1H3,(H,22,23)(H,24,25). The van der Waals surface area contributed by atoms with Gasteiger partial charge in [0.2, 0.25) is 0 Å². The number of hydrogen-bond donors (Lipinski definition) is 2. The van der Waals surface area contributed by atoms with Gasteiger partial charge < -0.3 is 15.2 Å². The molecule has 0 radical (unpaired) electrons. The second kappa shape index (κ2) is 6.60. The van der Waals surface area contributed by atoms with Crippen LogP contribution in [0.3, 0.4) is 0 Å². The summed E-state index contributed by atoms with van der Waals surface area (Å²) in [6.07, 6.45) is 7.22. The van der Waals surface area contributed by atoms with Gasteiger partial charge in [-0.2, -0.15) is 0 Å². The molecule has 1 aromatic rings. The van der Waals surface area contributed by atoms with Crippen molar-refractivity contribution < 1.29 is 19.4 Å². The number of hydrogen-bond acceptors (Lipinski definition) is 3. The molecule has 4 rings (SSSR count). The van der Waals surface area contributed by atoms with Crippen LogP contribution in [0.4, 0.5) is 0 Å². The molecular weight excluding hydrogens is 330 g/mol. The van der Waals surface area contributed by atoms with Crippen molar-refractivity contribution in [3.05, 3.63) is 28.8 Å². The first-order chi connectivity index (χ1) is 12.5. The number of amides is 1. The zero-order valence-electron chi connectivity index (χ0n) is 15.3. The molecule has 1 aliphatic heterocycles. The molecule has 2 aliphatic carbocycles. The molecule has 1 aromatic carbocycles. The molecule has 1 spiro atoms. The minimum absolute atomic E-state index is 0.0301. The molecule has 140 valence electrons. The third-order valence-electron chi connectivity index (χ3n) is 6.59. The zero-order valence-corrected chi connectivity index (χ0v) is 15.3. The predicted molar refractivity (Wildman–Crippen MR) is 97.5 cm³/mol. The summed E-state index contributed by atoms with van der Waals surface area (Å²) in [4.78, 5) is 23.9. The van der Waals surface area contributed by atoms with E-state index in [0.29, 0.717) is 12.2 Å². The Balaban J connectivity index is 1.38. The fraction of sp³-hybridized carbons (Fsp3) is 0.619. The van der Waals surface area contributed by atoms with E-state index in [1.54, 1.807) is 0 Å². The minimum Gasteiger partial charge on any atom is -0.492 e. The molecule has 1 heterocycles. The maximum Gasteiger partial charge on any atom is 0.306 e. The molecule has 0 atom stereocenters. The Morgan fingerprint density at radius 2 is 2.00 bits per heavy atom. The van der Waals surface area contributed by atoms with Crippen molar-refractivity contribution in [2.75, 3.05) is 6.61 Å². The predicted octanol–water partition coefficient (Wildman–Crippen LogP) is 3.34. The summed E-state index contributed by atoms with van der Waals surface area (Å²) in [5.41, 5.74) is 3.25. The number of nitrogens with one attached hydrogen (secondary N) is 1. The van der Waals surface area contributed by atoms with Crippen LogP contribution >= 0.6 is 0 Å². The molecule has 5 heteroatoms. The lowest BCUT2D eigenvalue weighted by atomic mass is 9.57. The maximum atomic E-state index is 12.8. The number of ether oxygens (including phenoxy) is 1. The number of aryl methyl sites for hydroxylation is 1. The third-order valence-corrected chi connectivity index (χ3v) is 6.59. The summed E-state index contributed by atoms with van der Waals surface area (Å²) in [6, 6.07) is 4.32. The van der Waals surface area contributed by atoms with E-state index in [4.69, 9.17) is 9.84 Å². The van der Waals surface area contributed by atoms with Crippen LogP contribution in [0.5, 0.6) is 5.75 Å². The van der Waals surface area contributed by atoms with E-state index in [2.05, 4.69) is 18.3 Å². The molecular formula is C21H27NO4. The van der Waals surface area contributed by atoms with Crippen LogP contribution in [0.1, 0.15) is 66.9 Å². The fourth-order valence-corrected chi connectivity index (χ4v) is 4.98. The van der Waals surface area contributed by atoms with Crippen molar-refractivity contribution in [3.63, 3.8) is 0 Å². The Labute approximate surface area is 154 Å². The van der Waals surface area contributed by atoms with Gasteiger partial charge in [-0.25, -0.2) is 0 Å². The van der Waals surface area contributed by atoms with E-state index in [0.717, 1.165) is 62.7 Å². The van der Waals surface area contributed by atoms with Crippen molar-refractivity contribution in [2.45, 2.75) is 64.3 Å². The zero-order chi connectivity index (χ0) is 18.3. The van der Waals surface area contributed by atoms with Crippen LogP contribution in [-0.4, -0.2) is 29.6 Å². The molecule has 0 aromatic heterocycles. The molecule has 0 saturated heterocycles. The number of carboxylic acid groups (broad SMARTS) is 1. The summed E-state index contributed by atoms with van der Waals surface area (Å²) < 4.78 is 5.71. The lowest BCUT2D eigenvalue weighted by Crippen LogP contribution is -2.52. The Kier molecular flexibility index (Phi) is 4.41. The Morgan fingerprint density at radius 1 is 1.27 bits per heavy atom. The highest BCUT2D eigenvalue weighted by atomic mass is 16.5. The van der Waals surface area contributed by atoms with Crippen LogP contribution in [0.2, 0.25) is 0 Å². The number of fused-ring (bicyclic) bond motifs is 1. The van der Waals surface area contributed by atoms with Gasteiger partial charge in [0.1, 0.15) is 5.75 Å². The molecule has 2 N–H and O–H groups in total. The molecule has 26 heavy (non-hydrogen) atoms. The van der Waals surface area contributed by atoms with Gasteiger partial charge in [0.25, 0.3) is 5.91 Å². The number of carbonyl (C=O) groups excluding carboxylic acids is 1. The van der Waals surface area contributed by atoms with E-state index >= 15 is 0 Å². The number of benzene rings is 1. The molecule has 1 amide bonds. The highest BCUT2D eigenvalue weighted by Gasteiger charge is 2.47. The maximum absolute atomic E-state index is 12.8. The summed E-state index contributed by atoms with van der Waals surface area (Å²) >= 11 is 0. The number of rotatable bonds is 4. The lowest BCUT2D eigenvalue weighted by molar-refractivity contribution is -0.144. The smallest absolute Gasteiger partial charge is 0.306 e. The Morgan fingerprint density at radius 3 is 2.65 bits per heavy atom. The van der Waals surface area contributed by atoms with Gasteiger partial charge in [-0.15, -0.1) is 0 Å². The van der Waals surface area contributed by atoms with Crippen molar-refractivity contribution >= 4 is 11.9 Å². The third kappa shape index (κ3) is 3.08. The Hall–Kier alpha value is -2.04. The summed E-state index contributed by atoms with van der Waals surface area (Å²) in [7, 11) is 0. The van der Waals surface area contributed by atoms with Gasteiger partial charge in [-0.1, -0.05) is 13.0 Å². The first kappa shape index (κ1) is 17.4. The number of carboxylic acids is 1. The molecule has 2 saturated carbocycles. The van der Waals surface area contributed by atoms with Gasteiger partial charge in [-0.3, -0.25) is 9.59 Å². The average molecular weight is 357 g/mol. The van der Waals surface area contributed by atoms with E-state index in [1.807, 2.05) is 6.07 Å². The SMILES string of the molecule is CCc1cc2c(c(C(=O)NC3CC4(CCC(C(=O)O)CC4)C3)c1)OCC2. The largest absolute Gasteiger partial charge is 0.492 e. The molecule has 0 bridgehead atoms. The Bertz CT molecular complexity index is 726. The summed E-state index contributed by atoms with van der Waals surface area (Å²) in [5, 5.41) is 12.3. The van der Waals surface area contributed by atoms with Crippen molar-refractivity contribution in [3.8, 4) is 5.75 Å². The molecule has 2 fully saturated rings. The van der Waals surface area contributed by atoms with Crippen LogP contribution in [0, 0.1) is 11.3 Å². The number of aliphatic carboxylic acids is 1. The van der Waals surface area contributed by atoms with Gasteiger partial charge in [0, 0.05) is 12.5 Å². The first-order valence-corrected chi connectivity index (χ1v) is 9.82. The highest BCUT2D eigenvalue weighted by molar-refractivity contribution is 5.98. The van der Waals surface area contributed by atoms with E-state index in [9.17, 15) is 9.59 Å². The van der Waals surface area contributed by atoms with Gasteiger partial charge in [0.05, 0.1) is 18.1 Å². The second-order valence-electron chi connectivity index (χ2n) is 8.27.